The molecule has 1 aliphatic rings. The van der Waals surface area contributed by atoms with Crippen LogP contribution < -0.4 is 5.32 Å². The van der Waals surface area contributed by atoms with Crippen molar-refractivity contribution in [2.75, 3.05) is 13.1 Å². The number of benzene rings is 1. The Kier molecular flexibility index (Phi) is 6.53. The van der Waals surface area contributed by atoms with Crippen LogP contribution in [0.5, 0.6) is 0 Å². The van der Waals surface area contributed by atoms with Gasteiger partial charge in [0.1, 0.15) is 5.60 Å². The Hall–Kier alpha value is -1.26. The average molecular weight is 353 g/mol. The SMILES string of the molecule is C[C@@H](Cc1ccc(Cl)cc1)NC1CCN(C(=O)OC(C)(C)C)CC1. The highest BCUT2D eigenvalue weighted by Crippen LogP contribution is 2.17. The lowest BCUT2D eigenvalue weighted by atomic mass is 10.0. The van der Waals surface area contributed by atoms with Crippen LogP contribution in [0.3, 0.4) is 0 Å². The zero-order valence-electron chi connectivity index (χ0n) is 15.1. The summed E-state index contributed by atoms with van der Waals surface area (Å²) >= 11 is 5.93. The van der Waals surface area contributed by atoms with Crippen LogP contribution in [-0.2, 0) is 11.2 Å². The first-order chi connectivity index (χ1) is 11.2. The van der Waals surface area contributed by atoms with Gasteiger partial charge in [0, 0.05) is 30.2 Å². The van der Waals surface area contributed by atoms with Crippen molar-refractivity contribution < 1.29 is 9.53 Å². The van der Waals surface area contributed by atoms with Gasteiger partial charge in [-0.05, 0) is 64.7 Å². The molecule has 1 atom stereocenters. The summed E-state index contributed by atoms with van der Waals surface area (Å²) in [6, 6.07) is 8.86. The van der Waals surface area contributed by atoms with E-state index in [0.717, 1.165) is 37.4 Å². The molecular formula is C19H29ClN2O2. The number of piperidine rings is 1. The molecule has 1 heterocycles. The Labute approximate surface area is 150 Å². The van der Waals surface area contributed by atoms with Gasteiger partial charge < -0.3 is 15.0 Å². The molecule has 134 valence electrons. The number of hydrogen-bond donors (Lipinski definition) is 1. The molecule has 0 aromatic heterocycles. The third kappa shape index (κ3) is 6.33. The van der Waals surface area contributed by atoms with Gasteiger partial charge in [-0.25, -0.2) is 4.79 Å². The average Bonchev–Trinajstić information content (AvgIpc) is 2.48. The number of amides is 1. The topological polar surface area (TPSA) is 41.6 Å². The van der Waals surface area contributed by atoms with E-state index in [9.17, 15) is 4.79 Å². The maximum atomic E-state index is 12.1. The van der Waals surface area contributed by atoms with Crippen LogP contribution in [-0.4, -0.2) is 41.8 Å². The molecule has 0 unspecified atom stereocenters. The molecule has 1 amide bonds. The van der Waals surface area contributed by atoms with Crippen LogP contribution >= 0.6 is 11.6 Å². The van der Waals surface area contributed by atoms with E-state index in [1.165, 1.54) is 5.56 Å². The highest BCUT2D eigenvalue weighted by Gasteiger charge is 2.27. The number of nitrogens with one attached hydrogen (secondary N) is 1. The molecule has 2 rings (SSSR count). The standard InChI is InChI=1S/C19H29ClN2O2/c1-14(13-15-5-7-16(20)8-6-15)21-17-9-11-22(12-10-17)18(23)24-19(2,3)4/h5-8,14,17,21H,9-13H2,1-4H3/t14-/m0/s1. The van der Waals surface area contributed by atoms with E-state index < -0.39 is 5.60 Å². The number of hydrogen-bond acceptors (Lipinski definition) is 3. The molecule has 1 fully saturated rings. The molecule has 1 aliphatic heterocycles. The first-order valence-electron chi connectivity index (χ1n) is 8.71. The van der Waals surface area contributed by atoms with Crippen molar-refractivity contribution in [1.29, 1.82) is 0 Å². The second kappa shape index (κ2) is 8.21. The van der Waals surface area contributed by atoms with Crippen molar-refractivity contribution in [3.05, 3.63) is 34.9 Å². The summed E-state index contributed by atoms with van der Waals surface area (Å²) in [5.74, 6) is 0. The van der Waals surface area contributed by atoms with E-state index in [1.54, 1.807) is 0 Å². The predicted molar refractivity (Wildman–Crippen MR) is 98.6 cm³/mol. The van der Waals surface area contributed by atoms with Crippen LogP contribution in [0.2, 0.25) is 5.02 Å². The predicted octanol–water partition coefficient (Wildman–Crippen LogP) is 4.26. The highest BCUT2D eigenvalue weighted by atomic mass is 35.5. The Morgan fingerprint density at radius 3 is 2.42 bits per heavy atom. The maximum Gasteiger partial charge on any atom is 0.410 e. The minimum absolute atomic E-state index is 0.199. The highest BCUT2D eigenvalue weighted by molar-refractivity contribution is 6.30. The molecule has 0 saturated carbocycles. The Morgan fingerprint density at radius 1 is 1.29 bits per heavy atom. The second-order valence-electron chi connectivity index (χ2n) is 7.64. The zero-order valence-corrected chi connectivity index (χ0v) is 15.9. The summed E-state index contributed by atoms with van der Waals surface area (Å²) in [5.41, 5.74) is 0.852. The summed E-state index contributed by atoms with van der Waals surface area (Å²) in [5, 5.41) is 4.45. The fourth-order valence-corrected chi connectivity index (χ4v) is 3.12. The number of nitrogens with zero attached hydrogens (tertiary/aromatic N) is 1. The number of carbonyl (C=O) groups is 1. The van der Waals surface area contributed by atoms with Crippen molar-refractivity contribution in [2.45, 2.75) is 64.6 Å². The third-order valence-electron chi connectivity index (χ3n) is 4.12. The van der Waals surface area contributed by atoms with Gasteiger partial charge in [0.25, 0.3) is 0 Å². The molecule has 0 radical (unpaired) electrons. The van der Waals surface area contributed by atoms with Crippen molar-refractivity contribution >= 4 is 17.7 Å². The smallest absolute Gasteiger partial charge is 0.410 e. The molecule has 1 aromatic carbocycles. The lowest BCUT2D eigenvalue weighted by Crippen LogP contribution is -2.48. The third-order valence-corrected chi connectivity index (χ3v) is 4.37. The molecule has 0 bridgehead atoms. The Balaban J connectivity index is 1.74. The van der Waals surface area contributed by atoms with Crippen LogP contribution in [0.4, 0.5) is 4.79 Å². The molecule has 5 heteroatoms. The molecule has 0 aliphatic carbocycles. The first kappa shape index (κ1) is 19.1. The normalized spacial score (nSPS) is 17.6. The van der Waals surface area contributed by atoms with Gasteiger partial charge in [-0.2, -0.15) is 0 Å². The molecule has 1 saturated heterocycles. The van der Waals surface area contributed by atoms with E-state index in [-0.39, 0.29) is 6.09 Å². The number of rotatable bonds is 4. The van der Waals surface area contributed by atoms with Crippen LogP contribution in [0.1, 0.15) is 46.1 Å². The molecule has 0 spiro atoms. The van der Waals surface area contributed by atoms with Gasteiger partial charge in [-0.1, -0.05) is 23.7 Å². The number of carbonyl (C=O) groups excluding carboxylic acids is 1. The molecule has 1 aromatic rings. The monoisotopic (exact) mass is 352 g/mol. The van der Waals surface area contributed by atoms with E-state index >= 15 is 0 Å². The minimum Gasteiger partial charge on any atom is -0.444 e. The van der Waals surface area contributed by atoms with E-state index in [4.69, 9.17) is 16.3 Å². The largest absolute Gasteiger partial charge is 0.444 e. The fraction of sp³-hybridized carbons (Fsp3) is 0.632. The number of halogens is 1. The van der Waals surface area contributed by atoms with Gasteiger partial charge in [-0.15, -0.1) is 0 Å². The molecule has 1 N–H and O–H groups in total. The van der Waals surface area contributed by atoms with Crippen molar-refractivity contribution in [3.8, 4) is 0 Å². The summed E-state index contributed by atoms with van der Waals surface area (Å²) in [6.07, 6.45) is 2.70. The van der Waals surface area contributed by atoms with Crippen molar-refractivity contribution in [1.82, 2.24) is 10.2 Å². The Bertz CT molecular complexity index is 531. The van der Waals surface area contributed by atoms with Gasteiger partial charge in [0.15, 0.2) is 0 Å². The van der Waals surface area contributed by atoms with Crippen LogP contribution in [0, 0.1) is 0 Å². The Morgan fingerprint density at radius 2 is 1.88 bits per heavy atom. The van der Waals surface area contributed by atoms with E-state index in [1.807, 2.05) is 37.8 Å². The second-order valence-corrected chi connectivity index (χ2v) is 8.08. The van der Waals surface area contributed by atoms with Crippen LogP contribution in [0.25, 0.3) is 0 Å². The molecular weight excluding hydrogens is 324 g/mol. The van der Waals surface area contributed by atoms with Gasteiger partial charge >= 0.3 is 6.09 Å². The first-order valence-corrected chi connectivity index (χ1v) is 9.09. The van der Waals surface area contributed by atoms with Gasteiger partial charge in [0.05, 0.1) is 0 Å². The lowest BCUT2D eigenvalue weighted by Gasteiger charge is -2.35. The summed E-state index contributed by atoms with van der Waals surface area (Å²) in [6.45, 7) is 9.41. The minimum atomic E-state index is -0.431. The quantitative estimate of drug-likeness (QED) is 0.880. The number of ether oxygens (including phenoxy) is 1. The van der Waals surface area contributed by atoms with Crippen molar-refractivity contribution in [2.24, 2.45) is 0 Å². The van der Waals surface area contributed by atoms with E-state index in [2.05, 4.69) is 24.4 Å². The lowest BCUT2D eigenvalue weighted by molar-refractivity contribution is 0.0196. The maximum absolute atomic E-state index is 12.1. The number of likely N-dealkylation sites (tertiary alicyclic amines) is 1. The zero-order chi connectivity index (χ0) is 17.7. The fourth-order valence-electron chi connectivity index (χ4n) is 2.99. The van der Waals surface area contributed by atoms with Gasteiger partial charge in [-0.3, -0.25) is 0 Å². The van der Waals surface area contributed by atoms with Gasteiger partial charge in [0.2, 0.25) is 0 Å². The molecule has 4 nitrogen and oxygen atoms in total. The van der Waals surface area contributed by atoms with E-state index in [0.29, 0.717) is 12.1 Å². The molecule has 24 heavy (non-hydrogen) atoms. The van der Waals surface area contributed by atoms with Crippen LogP contribution in [0.15, 0.2) is 24.3 Å². The summed E-state index contributed by atoms with van der Waals surface area (Å²) in [4.78, 5) is 13.9. The summed E-state index contributed by atoms with van der Waals surface area (Å²) < 4.78 is 5.44. The summed E-state index contributed by atoms with van der Waals surface area (Å²) in [7, 11) is 0. The van der Waals surface area contributed by atoms with Crippen molar-refractivity contribution in [3.63, 3.8) is 0 Å².